The number of nitrogens with one attached hydrogen (secondary N) is 1. The van der Waals surface area contributed by atoms with Gasteiger partial charge in [-0.05, 0) is 56.2 Å². The second-order valence-electron chi connectivity index (χ2n) is 7.83. The van der Waals surface area contributed by atoms with E-state index in [0.717, 1.165) is 0 Å². The average molecular weight is 474 g/mol. The molecule has 1 aliphatic carbocycles. The molecule has 2 amide bonds. The molecule has 0 bridgehead atoms. The molecule has 2 aliphatic rings. The molecule has 7 nitrogen and oxygen atoms in total. The predicted molar refractivity (Wildman–Crippen MR) is 123 cm³/mol. The highest BCUT2D eigenvalue weighted by atomic mass is 19.4. The maximum atomic E-state index is 13.0. The molecule has 1 heterocycles. The third-order valence-corrected chi connectivity index (χ3v) is 5.48. The van der Waals surface area contributed by atoms with E-state index in [1.807, 2.05) is 0 Å². The van der Waals surface area contributed by atoms with Crippen LogP contribution in [0.5, 0.6) is 5.75 Å². The van der Waals surface area contributed by atoms with Gasteiger partial charge in [-0.1, -0.05) is 12.7 Å². The quantitative estimate of drug-likeness (QED) is 0.650. The molecule has 10 heteroatoms. The van der Waals surface area contributed by atoms with Crippen molar-refractivity contribution in [3.05, 3.63) is 72.1 Å². The largest absolute Gasteiger partial charge is 0.573 e. The first kappa shape index (κ1) is 24.8. The van der Waals surface area contributed by atoms with Gasteiger partial charge < -0.3 is 20.7 Å². The number of carbonyl (C=O) groups excluding carboxylic acids is 2. The van der Waals surface area contributed by atoms with Crippen molar-refractivity contribution in [2.75, 3.05) is 18.4 Å². The molecule has 0 saturated carbocycles. The monoisotopic (exact) mass is 474 g/mol. The van der Waals surface area contributed by atoms with Crippen LogP contribution in [-0.2, 0) is 9.59 Å². The fraction of sp³-hybridized carbons (Fsp3) is 0.292. The molecule has 0 radical (unpaired) electrons. The van der Waals surface area contributed by atoms with Gasteiger partial charge >= 0.3 is 6.36 Å². The standard InChI is InChI=1S/C24H25F3N4O3/c1-3-29-21-14-17(23(33)31-12-10-16(11-13-31)22(28)32)4-9-20(21)15(2)30-18-5-7-19(8-6-18)34-24(25,26)27/h3-9,14,16,30H,1,10-13H2,2H3,(H2,28,32)/b20-15+,29-21-. The van der Waals surface area contributed by atoms with Crippen molar-refractivity contribution in [2.45, 2.75) is 26.1 Å². The van der Waals surface area contributed by atoms with Crippen LogP contribution in [0.3, 0.4) is 0 Å². The van der Waals surface area contributed by atoms with Crippen LogP contribution < -0.4 is 15.8 Å². The molecular formula is C24H25F3N4O3. The Kier molecular flexibility index (Phi) is 7.60. The molecule has 34 heavy (non-hydrogen) atoms. The molecule has 1 fully saturated rings. The van der Waals surface area contributed by atoms with Gasteiger partial charge in [-0.25, -0.2) is 0 Å². The summed E-state index contributed by atoms with van der Waals surface area (Å²) in [5, 5.41) is 3.12. The number of alkyl halides is 3. The Labute approximate surface area is 195 Å². The summed E-state index contributed by atoms with van der Waals surface area (Å²) in [4.78, 5) is 30.3. The highest BCUT2D eigenvalue weighted by Gasteiger charge is 2.31. The zero-order valence-electron chi connectivity index (χ0n) is 18.6. The topological polar surface area (TPSA) is 97.0 Å². The normalized spacial score (nSPS) is 19.5. The number of likely N-dealkylation sites (tertiary alicyclic amines) is 1. The molecule has 1 aliphatic heterocycles. The van der Waals surface area contributed by atoms with Crippen molar-refractivity contribution in [1.82, 2.24) is 4.90 Å². The SMILES string of the molecule is C=C/N=C1/C=C(C(=O)N2CCC(C(N)=O)CC2)C=C/C1=C(/C)Nc1ccc(OC(F)(F)F)cc1. The molecule has 3 N–H and O–H groups in total. The number of rotatable bonds is 6. The minimum absolute atomic E-state index is 0.166. The summed E-state index contributed by atoms with van der Waals surface area (Å²) in [6, 6.07) is 5.34. The van der Waals surface area contributed by atoms with E-state index in [4.69, 9.17) is 5.73 Å². The highest BCUT2D eigenvalue weighted by Crippen LogP contribution is 2.26. The maximum absolute atomic E-state index is 13.0. The van der Waals surface area contributed by atoms with Crippen molar-refractivity contribution in [3.63, 3.8) is 0 Å². The second kappa shape index (κ2) is 10.4. The zero-order valence-corrected chi connectivity index (χ0v) is 18.6. The number of piperidine rings is 1. The van der Waals surface area contributed by atoms with Crippen LogP contribution in [0, 0.1) is 5.92 Å². The van der Waals surface area contributed by atoms with Crippen molar-refractivity contribution >= 4 is 23.2 Å². The molecule has 1 aromatic carbocycles. The Morgan fingerprint density at radius 3 is 2.41 bits per heavy atom. The Morgan fingerprint density at radius 2 is 1.85 bits per heavy atom. The van der Waals surface area contributed by atoms with Crippen molar-refractivity contribution < 1.29 is 27.5 Å². The third-order valence-electron chi connectivity index (χ3n) is 5.48. The van der Waals surface area contributed by atoms with Crippen LogP contribution in [0.1, 0.15) is 19.8 Å². The molecule has 180 valence electrons. The van der Waals surface area contributed by atoms with E-state index in [2.05, 4.69) is 21.6 Å². The number of nitrogens with zero attached hydrogens (tertiary/aromatic N) is 2. The molecule has 1 saturated heterocycles. The highest BCUT2D eigenvalue weighted by molar-refractivity contribution is 6.17. The van der Waals surface area contributed by atoms with Gasteiger partial charge in [0.25, 0.3) is 5.91 Å². The summed E-state index contributed by atoms with van der Waals surface area (Å²) in [6.07, 6.45) is 2.77. The van der Waals surface area contributed by atoms with Crippen molar-refractivity contribution in [3.8, 4) is 5.75 Å². The third kappa shape index (κ3) is 6.37. The lowest BCUT2D eigenvalue weighted by atomic mass is 9.94. The number of amides is 2. The number of nitrogens with two attached hydrogens (primary N) is 1. The van der Waals surface area contributed by atoms with E-state index in [9.17, 15) is 22.8 Å². The average Bonchev–Trinajstić information content (AvgIpc) is 2.79. The molecule has 1 aromatic rings. The molecule has 0 aromatic heterocycles. The number of aliphatic imine (C=N–C) groups is 1. The van der Waals surface area contributed by atoms with Crippen LogP contribution in [0.4, 0.5) is 18.9 Å². The molecule has 0 spiro atoms. The number of ether oxygens (including phenoxy) is 1. The van der Waals surface area contributed by atoms with E-state index in [0.29, 0.717) is 54.2 Å². The summed E-state index contributed by atoms with van der Waals surface area (Å²) < 4.78 is 40.9. The van der Waals surface area contributed by atoms with Gasteiger partial charge in [0.05, 0.1) is 5.71 Å². The summed E-state index contributed by atoms with van der Waals surface area (Å²) >= 11 is 0. The van der Waals surface area contributed by atoms with Crippen molar-refractivity contribution in [1.29, 1.82) is 0 Å². The van der Waals surface area contributed by atoms with E-state index in [-0.39, 0.29) is 23.5 Å². The summed E-state index contributed by atoms with van der Waals surface area (Å²) in [6.45, 7) is 6.31. The number of primary amides is 1. The molecular weight excluding hydrogens is 449 g/mol. The first-order chi connectivity index (χ1) is 16.1. The minimum atomic E-state index is -4.75. The second-order valence-corrected chi connectivity index (χ2v) is 7.83. The fourth-order valence-electron chi connectivity index (χ4n) is 3.76. The Morgan fingerprint density at radius 1 is 1.21 bits per heavy atom. The van der Waals surface area contributed by atoms with Gasteiger partial charge in [0.1, 0.15) is 5.75 Å². The number of anilines is 1. The molecule has 0 atom stereocenters. The Bertz CT molecular complexity index is 1080. The van der Waals surface area contributed by atoms with Gasteiger partial charge in [-0.2, -0.15) is 0 Å². The predicted octanol–water partition coefficient (Wildman–Crippen LogP) is 4.08. The number of halogens is 3. The fourth-order valence-corrected chi connectivity index (χ4v) is 3.76. The van der Waals surface area contributed by atoms with E-state index in [1.54, 1.807) is 30.1 Å². The summed E-state index contributed by atoms with van der Waals surface area (Å²) in [7, 11) is 0. The lowest BCUT2D eigenvalue weighted by Gasteiger charge is -2.31. The van der Waals surface area contributed by atoms with Gasteiger partial charge in [0, 0.05) is 47.7 Å². The summed E-state index contributed by atoms with van der Waals surface area (Å²) in [5.74, 6) is -1.04. The number of allylic oxidation sites excluding steroid dienone is 4. The number of hydrogen-bond acceptors (Lipinski definition) is 5. The smallest absolute Gasteiger partial charge is 0.406 e. The number of carbonyl (C=O) groups is 2. The first-order valence-corrected chi connectivity index (χ1v) is 10.6. The van der Waals surface area contributed by atoms with Gasteiger partial charge in [0.2, 0.25) is 5.91 Å². The van der Waals surface area contributed by atoms with Gasteiger partial charge in [-0.3, -0.25) is 14.6 Å². The van der Waals surface area contributed by atoms with Gasteiger partial charge in [0.15, 0.2) is 0 Å². The Hall–Kier alpha value is -3.82. The minimum Gasteiger partial charge on any atom is -0.406 e. The van der Waals surface area contributed by atoms with Crippen LogP contribution in [0.2, 0.25) is 0 Å². The van der Waals surface area contributed by atoms with E-state index in [1.165, 1.54) is 30.5 Å². The van der Waals surface area contributed by atoms with Gasteiger partial charge in [-0.15, -0.1) is 13.2 Å². The van der Waals surface area contributed by atoms with Crippen molar-refractivity contribution in [2.24, 2.45) is 16.6 Å². The summed E-state index contributed by atoms with van der Waals surface area (Å²) in [5.41, 5.74) is 8.23. The maximum Gasteiger partial charge on any atom is 0.573 e. The number of hydrogen-bond donors (Lipinski definition) is 2. The first-order valence-electron chi connectivity index (χ1n) is 10.6. The van der Waals surface area contributed by atoms with Crippen LogP contribution in [0.15, 0.2) is 77.1 Å². The molecule has 3 rings (SSSR count). The van der Waals surface area contributed by atoms with E-state index >= 15 is 0 Å². The lowest BCUT2D eigenvalue weighted by Crippen LogP contribution is -2.42. The zero-order chi connectivity index (χ0) is 24.9. The van der Waals surface area contributed by atoms with Crippen LogP contribution in [-0.4, -0.2) is 41.9 Å². The molecule has 0 unspecified atom stereocenters. The lowest BCUT2D eigenvalue weighted by molar-refractivity contribution is -0.274. The van der Waals surface area contributed by atoms with Crippen LogP contribution >= 0.6 is 0 Å². The number of benzene rings is 1. The Balaban J connectivity index is 1.73. The van der Waals surface area contributed by atoms with E-state index < -0.39 is 6.36 Å². The van der Waals surface area contributed by atoms with Crippen LogP contribution in [0.25, 0.3) is 0 Å².